The van der Waals surface area contributed by atoms with E-state index in [0.29, 0.717) is 31.1 Å². The summed E-state index contributed by atoms with van der Waals surface area (Å²) in [7, 11) is 1.57. The van der Waals surface area contributed by atoms with Gasteiger partial charge in [-0.3, -0.25) is 4.79 Å². The number of carboxylic acid groups (broad SMARTS) is 1. The van der Waals surface area contributed by atoms with E-state index >= 15 is 0 Å². The lowest BCUT2D eigenvalue weighted by Crippen LogP contribution is -2.39. The second-order valence-electron chi connectivity index (χ2n) is 5.30. The molecular weight excluding hydrogens is 286 g/mol. The lowest BCUT2D eigenvalue weighted by Gasteiger charge is -2.19. The normalized spacial score (nSPS) is 20.8. The van der Waals surface area contributed by atoms with Gasteiger partial charge in [-0.2, -0.15) is 0 Å². The number of carbonyl (C=O) groups excluding carboxylic acids is 1. The Morgan fingerprint density at radius 3 is 2.59 bits per heavy atom. The average Bonchev–Trinajstić information content (AvgIpc) is 2.93. The zero-order valence-electron chi connectivity index (χ0n) is 13.0. The summed E-state index contributed by atoms with van der Waals surface area (Å²) in [4.78, 5) is 24.4. The molecule has 1 saturated heterocycles. The molecule has 1 fully saturated rings. The Morgan fingerprint density at radius 2 is 2.09 bits per heavy atom. The van der Waals surface area contributed by atoms with Crippen molar-refractivity contribution in [3.05, 3.63) is 23.8 Å². The monoisotopic (exact) mass is 307 g/mol. The maximum Gasteiger partial charge on any atom is 0.326 e. The van der Waals surface area contributed by atoms with E-state index in [-0.39, 0.29) is 11.8 Å². The van der Waals surface area contributed by atoms with Gasteiger partial charge in [0.1, 0.15) is 6.04 Å². The largest absolute Gasteiger partial charge is 0.493 e. The van der Waals surface area contributed by atoms with Crippen molar-refractivity contribution < 1.29 is 24.2 Å². The summed E-state index contributed by atoms with van der Waals surface area (Å²) in [5.74, 6) is 0.0808. The molecule has 1 aliphatic rings. The van der Waals surface area contributed by atoms with Gasteiger partial charge in [0.05, 0.1) is 13.7 Å². The Balaban J connectivity index is 2.27. The molecule has 0 unspecified atom stereocenters. The van der Waals surface area contributed by atoms with Gasteiger partial charge in [-0.05, 0) is 31.0 Å². The Hall–Kier alpha value is -2.24. The fraction of sp³-hybridized carbons (Fsp3) is 0.500. The van der Waals surface area contributed by atoms with Crippen LogP contribution in [0.15, 0.2) is 18.2 Å². The highest BCUT2D eigenvalue weighted by Gasteiger charge is 2.39. The van der Waals surface area contributed by atoms with Crippen LogP contribution in [0, 0.1) is 0 Å². The molecule has 1 amide bonds. The molecule has 6 nitrogen and oxygen atoms in total. The summed E-state index contributed by atoms with van der Waals surface area (Å²) in [6.07, 6.45) is 0.410. The smallest absolute Gasteiger partial charge is 0.326 e. The minimum Gasteiger partial charge on any atom is -0.493 e. The Bertz CT molecular complexity index is 550. The number of rotatable bonds is 5. The molecule has 0 aliphatic carbocycles. The molecule has 0 radical (unpaired) electrons. The number of likely N-dealkylation sites (tertiary alicyclic amines) is 1. The molecule has 2 atom stereocenters. The number of carbonyl (C=O) groups is 2. The maximum atomic E-state index is 11.6. The predicted octanol–water partition coefficient (Wildman–Crippen LogP) is 1.88. The van der Waals surface area contributed by atoms with Crippen LogP contribution in [0.5, 0.6) is 11.5 Å². The number of nitrogens with zero attached hydrogens (tertiary/aromatic N) is 1. The minimum atomic E-state index is -0.962. The highest BCUT2D eigenvalue weighted by atomic mass is 16.5. The zero-order chi connectivity index (χ0) is 16.3. The van der Waals surface area contributed by atoms with Crippen LogP contribution in [-0.4, -0.2) is 48.2 Å². The van der Waals surface area contributed by atoms with Crippen LogP contribution in [0.4, 0.5) is 0 Å². The molecule has 1 N–H and O–H groups in total. The number of hydrogen-bond acceptors (Lipinski definition) is 4. The molecule has 0 spiro atoms. The molecule has 1 heterocycles. The molecule has 0 saturated carbocycles. The second-order valence-corrected chi connectivity index (χ2v) is 5.30. The van der Waals surface area contributed by atoms with Crippen LogP contribution in [0.25, 0.3) is 0 Å². The topological polar surface area (TPSA) is 76.1 Å². The fourth-order valence-electron chi connectivity index (χ4n) is 2.88. The van der Waals surface area contributed by atoms with E-state index < -0.39 is 12.0 Å². The third-order valence-electron chi connectivity index (χ3n) is 3.95. The van der Waals surface area contributed by atoms with Gasteiger partial charge in [0, 0.05) is 19.4 Å². The molecule has 0 bridgehead atoms. The SMILES string of the molecule is CCOc1cc([C@@H]2C[C@H](C(=O)O)N(C(C)=O)C2)ccc1OC. The number of ether oxygens (including phenoxy) is 2. The maximum absolute atomic E-state index is 11.6. The molecule has 1 aliphatic heterocycles. The summed E-state index contributed by atoms with van der Waals surface area (Å²) in [5, 5.41) is 9.28. The van der Waals surface area contributed by atoms with E-state index in [1.165, 1.54) is 11.8 Å². The first-order chi connectivity index (χ1) is 10.5. The van der Waals surface area contributed by atoms with Crippen LogP contribution < -0.4 is 9.47 Å². The van der Waals surface area contributed by atoms with E-state index in [0.717, 1.165) is 5.56 Å². The van der Waals surface area contributed by atoms with Crippen LogP contribution >= 0.6 is 0 Å². The lowest BCUT2D eigenvalue weighted by molar-refractivity contribution is -0.147. The summed E-state index contributed by atoms with van der Waals surface area (Å²) in [5.41, 5.74) is 0.958. The Labute approximate surface area is 129 Å². The van der Waals surface area contributed by atoms with Crippen molar-refractivity contribution in [2.45, 2.75) is 32.2 Å². The first-order valence-corrected chi connectivity index (χ1v) is 7.28. The van der Waals surface area contributed by atoms with Crippen LogP contribution in [-0.2, 0) is 9.59 Å². The predicted molar refractivity (Wildman–Crippen MR) is 80.3 cm³/mol. The molecule has 1 aromatic rings. The van der Waals surface area contributed by atoms with E-state index in [1.807, 2.05) is 25.1 Å². The number of hydrogen-bond donors (Lipinski definition) is 1. The standard InChI is InChI=1S/C16H21NO5/c1-4-22-15-8-11(5-6-14(15)21-3)12-7-13(16(19)20)17(9-12)10(2)18/h5-6,8,12-13H,4,7,9H2,1-3H3,(H,19,20)/t12-,13-/m1/s1. The van der Waals surface area contributed by atoms with Crippen LogP contribution in [0.1, 0.15) is 31.7 Å². The van der Waals surface area contributed by atoms with Gasteiger partial charge in [0.25, 0.3) is 0 Å². The number of aliphatic carboxylic acids is 1. The van der Waals surface area contributed by atoms with Gasteiger partial charge in [0.15, 0.2) is 11.5 Å². The summed E-state index contributed by atoms with van der Waals surface area (Å²) < 4.78 is 10.8. The van der Waals surface area contributed by atoms with E-state index in [1.54, 1.807) is 7.11 Å². The van der Waals surface area contributed by atoms with E-state index in [9.17, 15) is 14.7 Å². The highest BCUT2D eigenvalue weighted by molar-refractivity contribution is 5.83. The Morgan fingerprint density at radius 1 is 1.36 bits per heavy atom. The molecule has 22 heavy (non-hydrogen) atoms. The van der Waals surface area contributed by atoms with Crippen molar-refractivity contribution in [2.75, 3.05) is 20.3 Å². The minimum absolute atomic E-state index is 0.0184. The average molecular weight is 307 g/mol. The number of methoxy groups -OCH3 is 1. The third-order valence-corrected chi connectivity index (χ3v) is 3.95. The van der Waals surface area contributed by atoms with Crippen molar-refractivity contribution in [1.82, 2.24) is 4.90 Å². The zero-order valence-corrected chi connectivity index (χ0v) is 13.0. The van der Waals surface area contributed by atoms with Gasteiger partial charge < -0.3 is 19.5 Å². The van der Waals surface area contributed by atoms with Gasteiger partial charge in [-0.15, -0.1) is 0 Å². The quantitative estimate of drug-likeness (QED) is 0.899. The highest BCUT2D eigenvalue weighted by Crippen LogP contribution is 2.36. The molecule has 120 valence electrons. The van der Waals surface area contributed by atoms with Gasteiger partial charge in [0.2, 0.25) is 5.91 Å². The van der Waals surface area contributed by atoms with E-state index in [2.05, 4.69) is 0 Å². The number of amides is 1. The van der Waals surface area contributed by atoms with Crippen molar-refractivity contribution in [3.8, 4) is 11.5 Å². The first kappa shape index (κ1) is 16.1. The van der Waals surface area contributed by atoms with Gasteiger partial charge >= 0.3 is 5.97 Å². The molecule has 6 heteroatoms. The van der Waals surface area contributed by atoms with Crippen LogP contribution in [0.2, 0.25) is 0 Å². The van der Waals surface area contributed by atoms with E-state index in [4.69, 9.17) is 9.47 Å². The second kappa shape index (κ2) is 6.68. The summed E-state index contributed by atoms with van der Waals surface area (Å²) in [6, 6.07) is 4.82. The van der Waals surface area contributed by atoms with Gasteiger partial charge in [-0.25, -0.2) is 4.79 Å². The van der Waals surface area contributed by atoms with Crippen molar-refractivity contribution in [3.63, 3.8) is 0 Å². The molecule has 1 aromatic carbocycles. The molecule has 0 aromatic heterocycles. The van der Waals surface area contributed by atoms with Crippen molar-refractivity contribution >= 4 is 11.9 Å². The first-order valence-electron chi connectivity index (χ1n) is 7.28. The third kappa shape index (κ3) is 3.16. The fourth-order valence-corrected chi connectivity index (χ4v) is 2.88. The molecular formula is C16H21NO5. The molecule has 2 rings (SSSR count). The van der Waals surface area contributed by atoms with Crippen molar-refractivity contribution in [1.29, 1.82) is 0 Å². The number of benzene rings is 1. The van der Waals surface area contributed by atoms with Gasteiger partial charge in [-0.1, -0.05) is 6.07 Å². The summed E-state index contributed by atoms with van der Waals surface area (Å²) in [6.45, 7) is 4.21. The van der Waals surface area contributed by atoms with Crippen LogP contribution in [0.3, 0.4) is 0 Å². The summed E-state index contributed by atoms with van der Waals surface area (Å²) >= 11 is 0. The number of carboxylic acids is 1. The lowest BCUT2D eigenvalue weighted by atomic mass is 9.96. The van der Waals surface area contributed by atoms with Crippen molar-refractivity contribution in [2.24, 2.45) is 0 Å². The Kier molecular flexibility index (Phi) is 4.90.